The van der Waals surface area contributed by atoms with Crippen LogP contribution in [0, 0.1) is 0 Å². The summed E-state index contributed by atoms with van der Waals surface area (Å²) in [6.07, 6.45) is 3.24. The third-order valence-electron chi connectivity index (χ3n) is 5.14. The number of rotatable bonds is 5. The van der Waals surface area contributed by atoms with Gasteiger partial charge in [0.05, 0.1) is 24.9 Å². The van der Waals surface area contributed by atoms with Gasteiger partial charge in [-0.2, -0.15) is 0 Å². The van der Waals surface area contributed by atoms with E-state index in [4.69, 9.17) is 14.2 Å². The summed E-state index contributed by atoms with van der Waals surface area (Å²) in [5, 5.41) is 0. The van der Waals surface area contributed by atoms with Crippen LogP contribution in [0.25, 0.3) is 11.3 Å². The van der Waals surface area contributed by atoms with Crippen LogP contribution < -0.4 is 9.47 Å². The fourth-order valence-corrected chi connectivity index (χ4v) is 3.35. The summed E-state index contributed by atoms with van der Waals surface area (Å²) in [6.45, 7) is 5.21. The summed E-state index contributed by atoms with van der Waals surface area (Å²) in [4.78, 5) is 18.9. The molecular weight excluding hydrogens is 382 g/mol. The maximum Gasteiger partial charge on any atom is 0.331 e. The third-order valence-corrected chi connectivity index (χ3v) is 5.14. The van der Waals surface area contributed by atoms with Gasteiger partial charge < -0.3 is 14.2 Å². The van der Waals surface area contributed by atoms with Crippen molar-refractivity contribution in [3.05, 3.63) is 66.6 Å². The van der Waals surface area contributed by atoms with Gasteiger partial charge in [-0.05, 0) is 37.6 Å². The van der Waals surface area contributed by atoms with E-state index >= 15 is 0 Å². The number of aromatic nitrogens is 2. The van der Waals surface area contributed by atoms with Crippen LogP contribution in [0.3, 0.4) is 0 Å². The number of imidazole rings is 1. The van der Waals surface area contributed by atoms with E-state index < -0.39 is 0 Å². The van der Waals surface area contributed by atoms with Gasteiger partial charge in [-0.3, -0.25) is 9.47 Å². The van der Waals surface area contributed by atoms with Crippen LogP contribution in [-0.4, -0.2) is 46.5 Å². The second-order valence-corrected chi connectivity index (χ2v) is 7.81. The molecule has 1 amide bonds. The maximum absolute atomic E-state index is 12.8. The van der Waals surface area contributed by atoms with Crippen molar-refractivity contribution in [2.24, 2.45) is 0 Å². The fraction of sp³-hybridized carbons (Fsp3) is 0.304. The number of nitrogens with zero attached hydrogens (tertiary/aromatic N) is 3. The average Bonchev–Trinajstić information content (AvgIpc) is 3.39. The van der Waals surface area contributed by atoms with E-state index in [0.717, 1.165) is 11.1 Å². The van der Waals surface area contributed by atoms with Crippen LogP contribution >= 0.6 is 0 Å². The highest BCUT2D eigenvalue weighted by atomic mass is 16.5. The first-order valence-corrected chi connectivity index (χ1v) is 9.77. The summed E-state index contributed by atoms with van der Waals surface area (Å²) in [6, 6.07) is 15.4. The molecule has 0 spiro atoms. The van der Waals surface area contributed by atoms with Crippen LogP contribution in [0.4, 0.5) is 4.79 Å². The highest BCUT2D eigenvalue weighted by Crippen LogP contribution is 2.33. The van der Waals surface area contributed by atoms with E-state index in [2.05, 4.69) is 4.98 Å². The van der Waals surface area contributed by atoms with Gasteiger partial charge in [0.2, 0.25) is 0 Å². The molecule has 0 atom stereocenters. The number of carbonyl (C=O) groups excluding carboxylic acids is 1. The molecule has 1 aromatic heterocycles. The molecule has 7 nitrogen and oxygen atoms in total. The Kier molecular flexibility index (Phi) is 5.46. The second kappa shape index (κ2) is 8.20. The van der Waals surface area contributed by atoms with Crippen LogP contribution in [0.1, 0.15) is 19.4 Å². The first-order chi connectivity index (χ1) is 14.5. The van der Waals surface area contributed by atoms with Crippen molar-refractivity contribution in [1.82, 2.24) is 14.5 Å². The molecule has 7 heteroatoms. The second-order valence-electron chi connectivity index (χ2n) is 7.81. The molecule has 1 saturated heterocycles. The van der Waals surface area contributed by atoms with E-state index in [-0.39, 0.29) is 18.3 Å². The largest absolute Gasteiger partial charge is 0.493 e. The molecule has 156 valence electrons. The van der Waals surface area contributed by atoms with Gasteiger partial charge in [-0.15, -0.1) is 0 Å². The van der Waals surface area contributed by atoms with Crippen molar-refractivity contribution in [3.8, 4) is 22.8 Å². The lowest BCUT2D eigenvalue weighted by Gasteiger charge is -2.28. The standard InChI is InChI=1S/C23H25N3O4/c1-23(2)14-29-16-26(23)22(27)25-12-19(24-15-25)18-9-10-20(21(11-18)28-3)30-13-17-7-5-4-6-8-17/h4-12,15H,13-14,16H2,1-3H3. The van der Waals surface area contributed by atoms with Gasteiger partial charge in [0, 0.05) is 11.8 Å². The van der Waals surface area contributed by atoms with Crippen LogP contribution in [0.5, 0.6) is 11.5 Å². The molecule has 2 heterocycles. The molecule has 2 aromatic carbocycles. The predicted octanol–water partition coefficient (Wildman–Crippen LogP) is 4.17. The number of benzene rings is 2. The van der Waals surface area contributed by atoms with E-state index in [1.165, 1.54) is 10.9 Å². The maximum atomic E-state index is 12.8. The summed E-state index contributed by atoms with van der Waals surface area (Å²) in [7, 11) is 1.60. The van der Waals surface area contributed by atoms with Crippen LogP contribution in [-0.2, 0) is 11.3 Å². The number of carbonyl (C=O) groups is 1. The SMILES string of the molecule is COc1cc(-c2cn(C(=O)N3COCC3(C)C)cn2)ccc1OCc1ccccc1. The van der Waals surface area contributed by atoms with Crippen molar-refractivity contribution in [2.75, 3.05) is 20.4 Å². The predicted molar refractivity (Wildman–Crippen MR) is 113 cm³/mol. The van der Waals surface area contributed by atoms with Crippen molar-refractivity contribution in [1.29, 1.82) is 0 Å². The zero-order chi connectivity index (χ0) is 21.1. The molecule has 0 aliphatic carbocycles. The molecule has 0 unspecified atom stereocenters. The van der Waals surface area contributed by atoms with E-state index in [1.54, 1.807) is 18.2 Å². The number of hydrogen-bond donors (Lipinski definition) is 0. The summed E-state index contributed by atoms with van der Waals surface area (Å²) < 4.78 is 18.4. The zero-order valence-electron chi connectivity index (χ0n) is 17.4. The van der Waals surface area contributed by atoms with Gasteiger partial charge in [0.25, 0.3) is 0 Å². The Bertz CT molecular complexity index is 1030. The molecule has 4 rings (SSSR count). The highest BCUT2D eigenvalue weighted by Gasteiger charge is 2.37. The average molecular weight is 407 g/mol. The molecule has 1 fully saturated rings. The molecular formula is C23H25N3O4. The van der Waals surface area contributed by atoms with E-state index in [0.29, 0.717) is 30.4 Å². The summed E-state index contributed by atoms with van der Waals surface area (Å²) in [5.74, 6) is 1.26. The molecule has 0 saturated carbocycles. The molecule has 30 heavy (non-hydrogen) atoms. The Morgan fingerprint density at radius 2 is 1.97 bits per heavy atom. The molecule has 0 N–H and O–H groups in total. The molecule has 3 aromatic rings. The minimum Gasteiger partial charge on any atom is -0.493 e. The number of amides is 1. The summed E-state index contributed by atoms with van der Waals surface area (Å²) >= 11 is 0. The Morgan fingerprint density at radius 1 is 1.17 bits per heavy atom. The first-order valence-electron chi connectivity index (χ1n) is 9.77. The highest BCUT2D eigenvalue weighted by molar-refractivity contribution is 5.79. The molecule has 1 aliphatic rings. The van der Waals surface area contributed by atoms with Crippen LogP contribution in [0.2, 0.25) is 0 Å². The summed E-state index contributed by atoms with van der Waals surface area (Å²) in [5.41, 5.74) is 2.24. The Morgan fingerprint density at radius 3 is 2.67 bits per heavy atom. The van der Waals surface area contributed by atoms with E-state index in [9.17, 15) is 4.79 Å². The van der Waals surface area contributed by atoms with Gasteiger partial charge in [0.1, 0.15) is 19.7 Å². The molecule has 1 aliphatic heterocycles. The minimum absolute atomic E-state index is 0.161. The number of methoxy groups -OCH3 is 1. The van der Waals surface area contributed by atoms with Crippen molar-refractivity contribution in [2.45, 2.75) is 26.0 Å². The van der Waals surface area contributed by atoms with Crippen molar-refractivity contribution < 1.29 is 19.0 Å². The lowest BCUT2D eigenvalue weighted by atomic mass is 10.1. The van der Waals surface area contributed by atoms with Gasteiger partial charge in [-0.25, -0.2) is 9.78 Å². The Balaban J connectivity index is 1.51. The monoisotopic (exact) mass is 407 g/mol. The zero-order valence-corrected chi connectivity index (χ0v) is 17.4. The lowest BCUT2D eigenvalue weighted by Crippen LogP contribution is -2.45. The molecule has 0 radical (unpaired) electrons. The van der Waals surface area contributed by atoms with Gasteiger partial charge in [-0.1, -0.05) is 30.3 Å². The third kappa shape index (κ3) is 4.02. The van der Waals surface area contributed by atoms with Crippen LogP contribution in [0.15, 0.2) is 61.1 Å². The molecule has 0 bridgehead atoms. The normalized spacial score (nSPS) is 15.2. The van der Waals surface area contributed by atoms with E-state index in [1.807, 2.05) is 62.4 Å². The van der Waals surface area contributed by atoms with Gasteiger partial charge in [0.15, 0.2) is 11.5 Å². The smallest absolute Gasteiger partial charge is 0.331 e. The Labute approximate surface area is 175 Å². The quantitative estimate of drug-likeness (QED) is 0.635. The minimum atomic E-state index is -0.345. The Hall–Kier alpha value is -3.32. The van der Waals surface area contributed by atoms with Gasteiger partial charge >= 0.3 is 6.03 Å². The first kappa shape index (κ1) is 20.0. The number of ether oxygens (including phenoxy) is 3. The van der Waals surface area contributed by atoms with Crippen molar-refractivity contribution in [3.63, 3.8) is 0 Å². The lowest BCUT2D eigenvalue weighted by molar-refractivity contribution is 0.140. The topological polar surface area (TPSA) is 65.8 Å². The number of hydrogen-bond acceptors (Lipinski definition) is 5. The fourth-order valence-electron chi connectivity index (χ4n) is 3.35. The van der Waals surface area contributed by atoms with Crippen molar-refractivity contribution >= 4 is 6.03 Å².